The largest absolute Gasteiger partial charge is 0.493 e. The topological polar surface area (TPSA) is 45.2 Å². The van der Waals surface area contributed by atoms with Crippen LogP contribution in [-0.4, -0.2) is 85.9 Å². The fraction of sp³-hybridized carbons (Fsp3) is 0.720. The zero-order chi connectivity index (χ0) is 21.6. The molecule has 3 heterocycles. The van der Waals surface area contributed by atoms with E-state index in [1.807, 2.05) is 4.90 Å². The standard InChI is InChI=1S/C25H39N3O3/c1-3-9-28(20(2)17-22-4-5-24-23(18-22)8-14-31-24)19-21-6-10-26(11-7-21)25(29)27-12-15-30-16-13-27/h4-5,18,20-21H,3,6-17,19H2,1-2H3. The van der Waals surface area contributed by atoms with Crippen LogP contribution in [0.3, 0.4) is 0 Å². The molecule has 3 aliphatic heterocycles. The van der Waals surface area contributed by atoms with Crippen LogP contribution in [0.5, 0.6) is 5.75 Å². The van der Waals surface area contributed by atoms with Crippen LogP contribution in [0, 0.1) is 5.92 Å². The number of morpholine rings is 1. The van der Waals surface area contributed by atoms with Crippen molar-refractivity contribution in [1.82, 2.24) is 14.7 Å². The minimum Gasteiger partial charge on any atom is -0.493 e. The first-order chi connectivity index (χ1) is 15.1. The molecule has 0 saturated carbocycles. The van der Waals surface area contributed by atoms with Gasteiger partial charge in [-0.3, -0.25) is 0 Å². The first kappa shape index (κ1) is 22.4. The number of hydrogen-bond donors (Lipinski definition) is 0. The van der Waals surface area contributed by atoms with E-state index in [9.17, 15) is 4.79 Å². The van der Waals surface area contributed by atoms with Crippen LogP contribution in [0.25, 0.3) is 0 Å². The number of fused-ring (bicyclic) bond motifs is 1. The molecule has 4 rings (SSSR count). The average molecular weight is 430 g/mol. The Morgan fingerprint density at radius 1 is 1.13 bits per heavy atom. The number of benzene rings is 1. The van der Waals surface area contributed by atoms with E-state index in [2.05, 4.69) is 41.8 Å². The lowest BCUT2D eigenvalue weighted by atomic mass is 9.94. The molecule has 0 radical (unpaired) electrons. The summed E-state index contributed by atoms with van der Waals surface area (Å²) in [5.74, 6) is 1.75. The van der Waals surface area contributed by atoms with Gasteiger partial charge in [-0.05, 0) is 62.3 Å². The van der Waals surface area contributed by atoms with Gasteiger partial charge in [-0.15, -0.1) is 0 Å². The average Bonchev–Trinajstić information content (AvgIpc) is 3.27. The van der Waals surface area contributed by atoms with E-state index in [1.54, 1.807) is 0 Å². The van der Waals surface area contributed by atoms with E-state index in [1.165, 1.54) is 17.5 Å². The molecule has 1 aromatic rings. The van der Waals surface area contributed by atoms with Gasteiger partial charge in [0.25, 0.3) is 0 Å². The van der Waals surface area contributed by atoms with Gasteiger partial charge in [0, 0.05) is 45.2 Å². The van der Waals surface area contributed by atoms with Crippen molar-refractivity contribution in [3.63, 3.8) is 0 Å². The van der Waals surface area contributed by atoms with Gasteiger partial charge in [0.2, 0.25) is 0 Å². The first-order valence-electron chi connectivity index (χ1n) is 12.2. The molecule has 31 heavy (non-hydrogen) atoms. The molecule has 1 aromatic carbocycles. The Labute approximate surface area is 187 Å². The molecule has 2 amide bonds. The lowest BCUT2D eigenvalue weighted by Gasteiger charge is -2.39. The summed E-state index contributed by atoms with van der Waals surface area (Å²) >= 11 is 0. The van der Waals surface area contributed by atoms with Crippen molar-refractivity contribution in [3.8, 4) is 5.75 Å². The van der Waals surface area contributed by atoms with Gasteiger partial charge in [0.05, 0.1) is 19.8 Å². The molecule has 0 N–H and O–H groups in total. The highest BCUT2D eigenvalue weighted by atomic mass is 16.5. The predicted molar refractivity (Wildman–Crippen MR) is 123 cm³/mol. The van der Waals surface area contributed by atoms with E-state index in [0.29, 0.717) is 25.2 Å². The van der Waals surface area contributed by atoms with E-state index in [4.69, 9.17) is 9.47 Å². The molecule has 1 atom stereocenters. The summed E-state index contributed by atoms with van der Waals surface area (Å²) in [5, 5.41) is 0. The molecule has 6 nitrogen and oxygen atoms in total. The molecule has 0 aromatic heterocycles. The molecule has 2 fully saturated rings. The Morgan fingerprint density at radius 3 is 2.61 bits per heavy atom. The third-order valence-electron chi connectivity index (χ3n) is 7.08. The molecule has 0 bridgehead atoms. The highest BCUT2D eigenvalue weighted by molar-refractivity contribution is 5.74. The fourth-order valence-electron chi connectivity index (χ4n) is 5.21. The normalized spacial score (nSPS) is 20.6. The lowest BCUT2D eigenvalue weighted by Crippen LogP contribution is -2.51. The Hall–Kier alpha value is -1.79. The highest BCUT2D eigenvalue weighted by Crippen LogP contribution is 2.27. The number of hydrogen-bond acceptors (Lipinski definition) is 4. The van der Waals surface area contributed by atoms with Crippen molar-refractivity contribution in [2.24, 2.45) is 5.92 Å². The van der Waals surface area contributed by atoms with Crippen LogP contribution in [0.15, 0.2) is 18.2 Å². The summed E-state index contributed by atoms with van der Waals surface area (Å²) in [6.45, 7) is 12.3. The van der Waals surface area contributed by atoms with E-state index < -0.39 is 0 Å². The number of nitrogens with zero attached hydrogens (tertiary/aromatic N) is 3. The van der Waals surface area contributed by atoms with Crippen LogP contribution < -0.4 is 4.74 Å². The summed E-state index contributed by atoms with van der Waals surface area (Å²) in [5.41, 5.74) is 2.79. The summed E-state index contributed by atoms with van der Waals surface area (Å²) in [6, 6.07) is 7.46. The first-order valence-corrected chi connectivity index (χ1v) is 12.2. The minimum atomic E-state index is 0.209. The minimum absolute atomic E-state index is 0.209. The van der Waals surface area contributed by atoms with Gasteiger partial charge in [0.15, 0.2) is 0 Å². The Morgan fingerprint density at radius 2 is 1.87 bits per heavy atom. The number of likely N-dealkylation sites (tertiary alicyclic amines) is 1. The van der Waals surface area contributed by atoms with Gasteiger partial charge in [-0.2, -0.15) is 0 Å². The second kappa shape index (κ2) is 10.7. The molecule has 0 spiro atoms. The molecular formula is C25H39N3O3. The number of carbonyl (C=O) groups excluding carboxylic acids is 1. The van der Waals surface area contributed by atoms with E-state index in [-0.39, 0.29) is 6.03 Å². The number of ether oxygens (including phenoxy) is 2. The summed E-state index contributed by atoms with van der Waals surface area (Å²) < 4.78 is 11.0. The number of carbonyl (C=O) groups is 1. The Balaban J connectivity index is 1.27. The van der Waals surface area contributed by atoms with Crippen molar-refractivity contribution in [2.45, 2.75) is 52.0 Å². The van der Waals surface area contributed by atoms with Gasteiger partial charge in [-0.25, -0.2) is 4.79 Å². The van der Waals surface area contributed by atoms with Crippen LogP contribution in [-0.2, 0) is 17.6 Å². The second-order valence-corrected chi connectivity index (χ2v) is 9.40. The highest BCUT2D eigenvalue weighted by Gasteiger charge is 2.29. The molecule has 6 heteroatoms. The van der Waals surface area contributed by atoms with Gasteiger partial charge < -0.3 is 24.2 Å². The molecule has 0 aliphatic carbocycles. The number of urea groups is 1. The SMILES string of the molecule is CCCN(CC1CCN(C(=O)N2CCOCC2)CC1)C(C)Cc1ccc2c(c1)CCO2. The monoisotopic (exact) mass is 429 g/mol. The molecule has 3 aliphatic rings. The smallest absolute Gasteiger partial charge is 0.320 e. The summed E-state index contributed by atoms with van der Waals surface area (Å²) in [6.07, 6.45) is 5.52. The molecule has 1 unspecified atom stereocenters. The van der Waals surface area contributed by atoms with Gasteiger partial charge >= 0.3 is 6.03 Å². The summed E-state index contributed by atoms with van der Waals surface area (Å²) in [7, 11) is 0. The molecule has 172 valence electrons. The third-order valence-corrected chi connectivity index (χ3v) is 7.08. The maximum Gasteiger partial charge on any atom is 0.320 e. The maximum absolute atomic E-state index is 12.8. The number of piperidine rings is 1. The predicted octanol–water partition coefficient (Wildman–Crippen LogP) is 3.43. The van der Waals surface area contributed by atoms with E-state index in [0.717, 1.165) is 77.3 Å². The van der Waals surface area contributed by atoms with Crippen LogP contribution in [0.2, 0.25) is 0 Å². The quantitative estimate of drug-likeness (QED) is 0.666. The zero-order valence-corrected chi connectivity index (χ0v) is 19.4. The third kappa shape index (κ3) is 5.72. The fourth-order valence-corrected chi connectivity index (χ4v) is 5.21. The van der Waals surface area contributed by atoms with Crippen molar-refractivity contribution in [3.05, 3.63) is 29.3 Å². The Bertz CT molecular complexity index is 727. The van der Waals surface area contributed by atoms with Gasteiger partial charge in [-0.1, -0.05) is 19.1 Å². The van der Waals surface area contributed by atoms with Gasteiger partial charge in [0.1, 0.15) is 5.75 Å². The van der Waals surface area contributed by atoms with Crippen molar-refractivity contribution < 1.29 is 14.3 Å². The summed E-state index contributed by atoms with van der Waals surface area (Å²) in [4.78, 5) is 19.4. The van der Waals surface area contributed by atoms with E-state index >= 15 is 0 Å². The Kier molecular flexibility index (Phi) is 7.72. The van der Waals surface area contributed by atoms with Crippen molar-refractivity contribution >= 4 is 6.03 Å². The molecular weight excluding hydrogens is 390 g/mol. The van der Waals surface area contributed by atoms with Crippen molar-refractivity contribution in [2.75, 3.05) is 59.1 Å². The van der Waals surface area contributed by atoms with Crippen LogP contribution >= 0.6 is 0 Å². The molecule has 2 saturated heterocycles. The number of rotatable bonds is 7. The lowest BCUT2D eigenvalue weighted by molar-refractivity contribution is 0.0386. The van der Waals surface area contributed by atoms with Crippen LogP contribution in [0.4, 0.5) is 4.79 Å². The maximum atomic E-state index is 12.8. The second-order valence-electron chi connectivity index (χ2n) is 9.40. The van der Waals surface area contributed by atoms with Crippen LogP contribution in [0.1, 0.15) is 44.2 Å². The van der Waals surface area contributed by atoms with Crippen molar-refractivity contribution in [1.29, 1.82) is 0 Å². The zero-order valence-electron chi connectivity index (χ0n) is 19.4. The number of amides is 2.